The maximum atomic E-state index is 6.06. The molecule has 21 heavy (non-hydrogen) atoms. The molecule has 3 rings (SSSR count). The summed E-state index contributed by atoms with van der Waals surface area (Å²) in [5.41, 5.74) is 10.8. The Bertz CT molecular complexity index is 666. The fourth-order valence-corrected chi connectivity index (χ4v) is 3.58. The number of nitrogens with zero attached hydrogens (tertiary/aromatic N) is 2. The summed E-state index contributed by atoms with van der Waals surface area (Å²) in [6.45, 7) is 2.61. The van der Waals surface area contributed by atoms with Crippen LogP contribution in [0.25, 0.3) is 0 Å². The lowest BCUT2D eigenvalue weighted by Crippen LogP contribution is -2.05. The zero-order chi connectivity index (χ0) is 15.0. The summed E-state index contributed by atoms with van der Waals surface area (Å²) in [4.78, 5) is 0. The molecule has 2 aromatic rings. The molecule has 1 heterocycles. The van der Waals surface area contributed by atoms with Crippen molar-refractivity contribution in [3.63, 3.8) is 0 Å². The second-order valence-corrected chi connectivity index (χ2v) is 6.27. The van der Waals surface area contributed by atoms with E-state index in [1.54, 1.807) is 0 Å². The lowest BCUT2D eigenvalue weighted by molar-refractivity contribution is 0.294. The van der Waals surface area contributed by atoms with Crippen molar-refractivity contribution in [2.75, 3.05) is 0 Å². The van der Waals surface area contributed by atoms with Crippen LogP contribution in [0.1, 0.15) is 41.9 Å². The summed E-state index contributed by atoms with van der Waals surface area (Å²) in [5, 5.41) is 4.48. The minimum atomic E-state index is 0.187. The van der Waals surface area contributed by atoms with Crippen LogP contribution in [-0.2, 0) is 26.5 Å². The van der Waals surface area contributed by atoms with Crippen LogP contribution in [-0.4, -0.2) is 9.78 Å². The van der Waals surface area contributed by atoms with Crippen LogP contribution >= 0.6 is 15.9 Å². The van der Waals surface area contributed by atoms with E-state index in [0.717, 1.165) is 40.9 Å². The van der Waals surface area contributed by atoms with Crippen molar-refractivity contribution in [1.82, 2.24) is 9.78 Å². The summed E-state index contributed by atoms with van der Waals surface area (Å²) >= 11 is 3.61. The smallest absolute Gasteiger partial charge is 0.131 e. The van der Waals surface area contributed by atoms with Gasteiger partial charge in [0.2, 0.25) is 0 Å². The summed E-state index contributed by atoms with van der Waals surface area (Å²) in [6, 6.07) is 6.41. The first-order chi connectivity index (χ1) is 10.1. The standard InChI is InChI=1S/C16H20BrN3O/c1-3-14-16(17)15(20(2)19-14)9-21-11-5-6-12-10(8-11)4-7-13(12)18/h5-6,8,13H,3-4,7,9,18H2,1-2H3/t13-/m1/s1. The molecule has 1 aliphatic rings. The quantitative estimate of drug-likeness (QED) is 0.921. The number of aryl methyl sites for hydroxylation is 3. The van der Waals surface area contributed by atoms with Crippen molar-refractivity contribution in [2.24, 2.45) is 12.8 Å². The number of hydrogen-bond acceptors (Lipinski definition) is 3. The van der Waals surface area contributed by atoms with Gasteiger partial charge < -0.3 is 10.5 Å². The average molecular weight is 350 g/mol. The fourth-order valence-electron chi connectivity index (χ4n) is 2.84. The van der Waals surface area contributed by atoms with E-state index in [1.807, 2.05) is 17.8 Å². The van der Waals surface area contributed by atoms with Gasteiger partial charge in [0.25, 0.3) is 0 Å². The molecule has 0 spiro atoms. The number of ether oxygens (including phenoxy) is 1. The second-order valence-electron chi connectivity index (χ2n) is 5.48. The molecule has 1 aromatic carbocycles. The van der Waals surface area contributed by atoms with Gasteiger partial charge in [-0.1, -0.05) is 13.0 Å². The molecule has 0 saturated heterocycles. The highest BCUT2D eigenvalue weighted by Crippen LogP contribution is 2.32. The van der Waals surface area contributed by atoms with Crippen molar-refractivity contribution < 1.29 is 4.74 Å². The van der Waals surface area contributed by atoms with Gasteiger partial charge in [-0.05, 0) is 58.5 Å². The number of hydrogen-bond donors (Lipinski definition) is 1. The topological polar surface area (TPSA) is 53.1 Å². The van der Waals surface area contributed by atoms with Crippen LogP contribution in [0.4, 0.5) is 0 Å². The first kappa shape index (κ1) is 14.6. The molecule has 0 saturated carbocycles. The number of benzene rings is 1. The van der Waals surface area contributed by atoms with Gasteiger partial charge in [-0.25, -0.2) is 0 Å². The highest BCUT2D eigenvalue weighted by atomic mass is 79.9. The van der Waals surface area contributed by atoms with E-state index < -0.39 is 0 Å². The number of halogens is 1. The first-order valence-corrected chi connectivity index (χ1v) is 8.11. The Morgan fingerprint density at radius 3 is 3.00 bits per heavy atom. The van der Waals surface area contributed by atoms with Crippen molar-refractivity contribution in [3.05, 3.63) is 45.2 Å². The zero-order valence-electron chi connectivity index (χ0n) is 12.4. The number of nitrogens with two attached hydrogens (primary N) is 1. The lowest BCUT2D eigenvalue weighted by atomic mass is 10.1. The van der Waals surface area contributed by atoms with E-state index in [1.165, 1.54) is 11.1 Å². The SMILES string of the molecule is CCc1nn(C)c(COc2ccc3c(c2)CC[C@H]3N)c1Br. The molecule has 0 fully saturated rings. The van der Waals surface area contributed by atoms with E-state index in [0.29, 0.717) is 6.61 Å². The zero-order valence-corrected chi connectivity index (χ0v) is 14.0. The Morgan fingerprint density at radius 2 is 2.29 bits per heavy atom. The molecule has 0 bridgehead atoms. The normalized spacial score (nSPS) is 17.0. The number of fused-ring (bicyclic) bond motifs is 1. The van der Waals surface area contributed by atoms with E-state index in [2.05, 4.69) is 40.1 Å². The average Bonchev–Trinajstić information content (AvgIpc) is 2.98. The third-order valence-electron chi connectivity index (χ3n) is 4.12. The maximum absolute atomic E-state index is 6.06. The summed E-state index contributed by atoms with van der Waals surface area (Å²) < 4.78 is 8.87. The van der Waals surface area contributed by atoms with Crippen molar-refractivity contribution in [3.8, 4) is 5.75 Å². The molecule has 0 unspecified atom stereocenters. The molecule has 112 valence electrons. The van der Waals surface area contributed by atoms with E-state index >= 15 is 0 Å². The van der Waals surface area contributed by atoms with E-state index in [-0.39, 0.29) is 6.04 Å². The van der Waals surface area contributed by atoms with Crippen molar-refractivity contribution in [2.45, 2.75) is 38.8 Å². The van der Waals surface area contributed by atoms with Crippen LogP contribution in [0, 0.1) is 0 Å². The molecule has 2 N–H and O–H groups in total. The van der Waals surface area contributed by atoms with Gasteiger partial charge in [0.05, 0.1) is 15.9 Å². The molecular weight excluding hydrogens is 330 g/mol. The molecule has 0 aliphatic heterocycles. The maximum Gasteiger partial charge on any atom is 0.131 e. The molecule has 0 amide bonds. The van der Waals surface area contributed by atoms with Gasteiger partial charge in [0.1, 0.15) is 12.4 Å². The molecule has 1 aliphatic carbocycles. The van der Waals surface area contributed by atoms with Crippen LogP contribution < -0.4 is 10.5 Å². The predicted octanol–water partition coefficient (Wildman–Crippen LogP) is 3.27. The van der Waals surface area contributed by atoms with Crippen LogP contribution in [0.15, 0.2) is 22.7 Å². The van der Waals surface area contributed by atoms with Crippen molar-refractivity contribution in [1.29, 1.82) is 0 Å². The minimum Gasteiger partial charge on any atom is -0.487 e. The summed E-state index contributed by atoms with van der Waals surface area (Å²) in [5.74, 6) is 0.897. The second kappa shape index (κ2) is 5.81. The number of aromatic nitrogens is 2. The van der Waals surface area contributed by atoms with Crippen LogP contribution in [0.3, 0.4) is 0 Å². The monoisotopic (exact) mass is 349 g/mol. The van der Waals surface area contributed by atoms with Crippen molar-refractivity contribution >= 4 is 15.9 Å². The summed E-state index contributed by atoms with van der Waals surface area (Å²) in [7, 11) is 1.95. The summed E-state index contributed by atoms with van der Waals surface area (Å²) in [6.07, 6.45) is 2.99. The van der Waals surface area contributed by atoms with Crippen LogP contribution in [0.5, 0.6) is 5.75 Å². The van der Waals surface area contributed by atoms with Crippen LogP contribution in [0.2, 0.25) is 0 Å². The molecule has 5 heteroatoms. The third-order valence-corrected chi connectivity index (χ3v) is 5.03. The molecule has 4 nitrogen and oxygen atoms in total. The van der Waals surface area contributed by atoms with Gasteiger partial charge in [0, 0.05) is 13.1 Å². The Balaban J connectivity index is 1.75. The Hall–Kier alpha value is -1.33. The van der Waals surface area contributed by atoms with E-state index in [4.69, 9.17) is 10.5 Å². The highest BCUT2D eigenvalue weighted by molar-refractivity contribution is 9.10. The highest BCUT2D eigenvalue weighted by Gasteiger charge is 2.19. The van der Waals surface area contributed by atoms with Gasteiger partial charge in [0.15, 0.2) is 0 Å². The minimum absolute atomic E-state index is 0.187. The molecular formula is C16H20BrN3O. The Morgan fingerprint density at radius 1 is 1.48 bits per heavy atom. The van der Waals surface area contributed by atoms with Gasteiger partial charge in [-0.2, -0.15) is 5.10 Å². The predicted molar refractivity (Wildman–Crippen MR) is 86.3 cm³/mol. The van der Waals surface area contributed by atoms with Gasteiger partial charge in [-0.3, -0.25) is 4.68 Å². The fraction of sp³-hybridized carbons (Fsp3) is 0.438. The van der Waals surface area contributed by atoms with E-state index in [9.17, 15) is 0 Å². The Kier molecular flexibility index (Phi) is 4.04. The largest absolute Gasteiger partial charge is 0.487 e. The van der Waals surface area contributed by atoms with Gasteiger partial charge >= 0.3 is 0 Å². The lowest BCUT2D eigenvalue weighted by Gasteiger charge is -2.10. The Labute approximate surface area is 133 Å². The third kappa shape index (κ3) is 2.72. The molecule has 0 radical (unpaired) electrons. The number of rotatable bonds is 4. The molecule has 1 aromatic heterocycles. The van der Waals surface area contributed by atoms with Gasteiger partial charge in [-0.15, -0.1) is 0 Å². The molecule has 1 atom stereocenters. The first-order valence-electron chi connectivity index (χ1n) is 7.31.